The Bertz CT molecular complexity index is 1820. The average Bonchev–Trinajstić information content (AvgIpc) is 3.64. The average molecular weight is 837 g/mol. The molecular formula is C40H48N6O14. The van der Waals surface area contributed by atoms with E-state index in [9.17, 15) is 38.4 Å². The second-order valence-corrected chi connectivity index (χ2v) is 13.9. The van der Waals surface area contributed by atoms with Gasteiger partial charge >= 0.3 is 0 Å². The number of piperidine rings is 2. The zero-order valence-electron chi connectivity index (χ0n) is 33.0. The summed E-state index contributed by atoms with van der Waals surface area (Å²) in [5.41, 5.74) is 1.71. The predicted molar refractivity (Wildman–Crippen MR) is 208 cm³/mol. The highest BCUT2D eigenvalue weighted by Gasteiger charge is 2.47. The number of nitrogens with one attached hydrogen (secondary N) is 4. The summed E-state index contributed by atoms with van der Waals surface area (Å²) in [6, 6.07) is 7.69. The van der Waals surface area contributed by atoms with E-state index in [4.69, 9.17) is 28.4 Å². The minimum absolute atomic E-state index is 0.0519. The van der Waals surface area contributed by atoms with Crippen LogP contribution in [0.4, 0.5) is 11.4 Å². The molecule has 0 bridgehead atoms. The summed E-state index contributed by atoms with van der Waals surface area (Å²) in [4.78, 5) is 102. The van der Waals surface area contributed by atoms with Gasteiger partial charge in [-0.1, -0.05) is 12.1 Å². The van der Waals surface area contributed by atoms with Crippen molar-refractivity contribution in [3.05, 3.63) is 58.7 Å². The van der Waals surface area contributed by atoms with Crippen molar-refractivity contribution in [3.8, 4) is 0 Å². The number of amides is 8. The van der Waals surface area contributed by atoms with Crippen LogP contribution in [0.1, 0.15) is 67.1 Å². The quantitative estimate of drug-likeness (QED) is 0.0766. The zero-order valence-corrected chi connectivity index (χ0v) is 33.0. The molecule has 4 N–H and O–H groups in total. The van der Waals surface area contributed by atoms with E-state index in [1.807, 2.05) is 0 Å². The molecule has 4 aliphatic heterocycles. The molecule has 20 heteroatoms. The molecule has 322 valence electrons. The van der Waals surface area contributed by atoms with Gasteiger partial charge in [-0.05, 0) is 37.1 Å². The Labute approximate surface area is 344 Å². The summed E-state index contributed by atoms with van der Waals surface area (Å²) < 4.78 is 33.2. The van der Waals surface area contributed by atoms with E-state index >= 15 is 0 Å². The van der Waals surface area contributed by atoms with Crippen molar-refractivity contribution in [1.82, 2.24) is 20.4 Å². The van der Waals surface area contributed by atoms with E-state index in [2.05, 4.69) is 21.3 Å². The molecule has 2 atom stereocenters. The Morgan fingerprint density at radius 3 is 1.13 bits per heavy atom. The van der Waals surface area contributed by atoms with Crippen LogP contribution in [-0.2, 0) is 47.6 Å². The second kappa shape index (κ2) is 21.6. The Kier molecular flexibility index (Phi) is 15.8. The van der Waals surface area contributed by atoms with Crippen LogP contribution in [0.15, 0.2) is 36.4 Å². The molecule has 4 aliphatic rings. The zero-order chi connectivity index (χ0) is 42.4. The van der Waals surface area contributed by atoms with Gasteiger partial charge in [0.1, 0.15) is 12.1 Å². The van der Waals surface area contributed by atoms with E-state index in [-0.39, 0.29) is 47.9 Å². The van der Waals surface area contributed by atoms with Gasteiger partial charge in [-0.25, -0.2) is 0 Å². The van der Waals surface area contributed by atoms with Gasteiger partial charge in [0.25, 0.3) is 23.6 Å². The number of carbonyl (C=O) groups is 8. The molecule has 4 heterocycles. The Morgan fingerprint density at radius 2 is 0.800 bits per heavy atom. The third-order valence-corrected chi connectivity index (χ3v) is 9.92. The molecule has 2 aromatic rings. The highest BCUT2D eigenvalue weighted by Crippen LogP contribution is 2.33. The number of imide groups is 4. The van der Waals surface area contributed by atoms with Gasteiger partial charge in [-0.2, -0.15) is 0 Å². The van der Waals surface area contributed by atoms with Crippen LogP contribution >= 0.6 is 0 Å². The summed E-state index contributed by atoms with van der Waals surface area (Å²) in [7, 11) is 0. The fraction of sp³-hybridized carbons (Fsp3) is 0.500. The van der Waals surface area contributed by atoms with Gasteiger partial charge < -0.3 is 39.1 Å². The lowest BCUT2D eigenvalue weighted by atomic mass is 10.0. The van der Waals surface area contributed by atoms with Crippen LogP contribution < -0.4 is 21.3 Å². The van der Waals surface area contributed by atoms with Crippen molar-refractivity contribution < 1.29 is 66.8 Å². The third-order valence-electron chi connectivity index (χ3n) is 9.92. The van der Waals surface area contributed by atoms with Crippen LogP contribution in [0.5, 0.6) is 0 Å². The summed E-state index contributed by atoms with van der Waals surface area (Å²) in [6.45, 7) is 5.08. The van der Waals surface area contributed by atoms with Gasteiger partial charge in [0.2, 0.25) is 23.6 Å². The Balaban J connectivity index is 0.717. The number of ether oxygens (including phenoxy) is 6. The Morgan fingerprint density at radius 1 is 0.467 bits per heavy atom. The molecule has 60 heavy (non-hydrogen) atoms. The molecule has 2 aromatic carbocycles. The molecule has 0 aromatic heterocycles. The lowest BCUT2D eigenvalue weighted by Gasteiger charge is -2.27. The number of carbonyl (C=O) groups excluding carboxylic acids is 8. The summed E-state index contributed by atoms with van der Waals surface area (Å²) in [5.74, 6) is -4.45. The normalized spacial score (nSPS) is 18.9. The fourth-order valence-electron chi connectivity index (χ4n) is 7.04. The first kappa shape index (κ1) is 43.9. The number of fused-ring (bicyclic) bond motifs is 2. The minimum atomic E-state index is -1.03. The van der Waals surface area contributed by atoms with E-state index in [0.29, 0.717) is 104 Å². The number of anilines is 2. The fourth-order valence-corrected chi connectivity index (χ4v) is 7.04. The highest BCUT2D eigenvalue weighted by molar-refractivity contribution is 6.26. The molecule has 0 saturated carbocycles. The van der Waals surface area contributed by atoms with Gasteiger partial charge in [-0.15, -0.1) is 0 Å². The van der Waals surface area contributed by atoms with Crippen molar-refractivity contribution in [2.75, 3.05) is 103 Å². The van der Waals surface area contributed by atoms with Crippen LogP contribution in [0.25, 0.3) is 0 Å². The molecule has 0 spiro atoms. The van der Waals surface area contributed by atoms with E-state index < -0.39 is 59.3 Å². The van der Waals surface area contributed by atoms with Gasteiger partial charge in [0, 0.05) is 37.3 Å². The minimum Gasteiger partial charge on any atom is -0.382 e. The van der Waals surface area contributed by atoms with E-state index in [1.165, 1.54) is 12.1 Å². The van der Waals surface area contributed by atoms with Crippen molar-refractivity contribution in [3.63, 3.8) is 0 Å². The maximum Gasteiger partial charge on any atom is 0.264 e. The van der Waals surface area contributed by atoms with Gasteiger partial charge in [0.05, 0.1) is 102 Å². The molecule has 8 amide bonds. The molecule has 2 saturated heterocycles. The number of nitrogens with zero attached hydrogens (tertiary/aromatic N) is 2. The molecule has 0 radical (unpaired) electrons. The summed E-state index contributed by atoms with van der Waals surface area (Å²) in [5, 5.41) is 10.6. The largest absolute Gasteiger partial charge is 0.382 e. The number of hydrogen-bond acceptors (Lipinski definition) is 16. The standard InChI is InChI=1S/C40H48N6O14/c47-31-9-7-29(35(49)43-31)45-37(51)25-3-1-5-27(33(25)39(45)53)41-11-13-55-15-17-57-19-21-59-23-24-60-22-20-58-18-16-56-14-12-42-28-6-2-4-26-34(28)40(54)46(38(26)52)30-8-10-32(48)44-36(30)50/h1-6,29-30,41-42H,7-24H2,(H,43,47,49)(H,44,48,50). The molecular weight excluding hydrogens is 788 g/mol. The lowest BCUT2D eigenvalue weighted by molar-refractivity contribution is -0.137. The molecule has 6 rings (SSSR count). The predicted octanol–water partition coefficient (Wildman–Crippen LogP) is 0.113. The van der Waals surface area contributed by atoms with Crippen molar-refractivity contribution in [2.45, 2.75) is 37.8 Å². The summed E-state index contributed by atoms with van der Waals surface area (Å²) >= 11 is 0. The van der Waals surface area contributed by atoms with Crippen LogP contribution in [-0.4, -0.2) is 162 Å². The number of benzene rings is 2. The highest BCUT2D eigenvalue weighted by atomic mass is 16.6. The van der Waals surface area contributed by atoms with E-state index in [0.717, 1.165) is 9.80 Å². The second-order valence-electron chi connectivity index (χ2n) is 13.9. The molecule has 2 fully saturated rings. The van der Waals surface area contributed by atoms with Crippen LogP contribution in [0.3, 0.4) is 0 Å². The maximum atomic E-state index is 13.2. The van der Waals surface area contributed by atoms with Crippen molar-refractivity contribution >= 4 is 58.6 Å². The van der Waals surface area contributed by atoms with Gasteiger partial charge in [-0.3, -0.25) is 58.8 Å². The molecule has 0 aliphatic carbocycles. The lowest BCUT2D eigenvalue weighted by Crippen LogP contribution is -2.54. The number of rotatable bonds is 25. The monoisotopic (exact) mass is 836 g/mol. The molecule has 2 unspecified atom stereocenters. The van der Waals surface area contributed by atoms with Crippen molar-refractivity contribution in [2.24, 2.45) is 0 Å². The van der Waals surface area contributed by atoms with Crippen LogP contribution in [0.2, 0.25) is 0 Å². The maximum absolute atomic E-state index is 13.2. The van der Waals surface area contributed by atoms with Gasteiger partial charge in [0.15, 0.2) is 0 Å². The first-order chi connectivity index (χ1) is 29.2. The van der Waals surface area contributed by atoms with E-state index in [1.54, 1.807) is 24.3 Å². The number of hydrogen-bond donors (Lipinski definition) is 4. The molecule has 20 nitrogen and oxygen atoms in total. The first-order valence-corrected chi connectivity index (χ1v) is 19.8. The first-order valence-electron chi connectivity index (χ1n) is 19.8. The third kappa shape index (κ3) is 10.7. The topological polar surface area (TPSA) is 247 Å². The Hall–Kier alpha value is -5.64. The van der Waals surface area contributed by atoms with Crippen LogP contribution in [0, 0.1) is 0 Å². The summed E-state index contributed by atoms with van der Waals surface area (Å²) in [6.07, 6.45) is 0.282. The smallest absolute Gasteiger partial charge is 0.264 e. The van der Waals surface area contributed by atoms with Crippen molar-refractivity contribution in [1.29, 1.82) is 0 Å². The SMILES string of the molecule is O=C1CCC(N2C(=O)c3cccc(NCCOCCOCCOCCOCCOCCOCCNc4cccc5c4C(=O)N(C4CCC(=O)NC4=O)C5=O)c3C2=O)C(=O)N1.